The normalized spacial score (nSPS) is 11.6. The van der Waals surface area contributed by atoms with Gasteiger partial charge < -0.3 is 20.9 Å². The van der Waals surface area contributed by atoms with Crippen LogP contribution in [-0.2, 0) is 11.8 Å². The van der Waals surface area contributed by atoms with Crippen molar-refractivity contribution in [1.82, 2.24) is 4.57 Å². The highest BCUT2D eigenvalue weighted by molar-refractivity contribution is 8.76. The van der Waals surface area contributed by atoms with Crippen molar-refractivity contribution in [2.75, 3.05) is 22.6 Å². The standard InChI is InChI=1S/C21H26N4O2S3/c1-21(2,30-28-4)8-7-18(26)24-19-10-13-9-15(5-6-17(13)29-19)23-20(27)16-11-14(22)12-25(16)3/h5-6,9-12H,7-8,22H2,1-4H3,(H,23,27)(H,24,26). The second kappa shape index (κ2) is 9.36. The minimum atomic E-state index is -0.219. The summed E-state index contributed by atoms with van der Waals surface area (Å²) in [4.78, 5) is 24.8. The van der Waals surface area contributed by atoms with E-state index >= 15 is 0 Å². The van der Waals surface area contributed by atoms with Crippen LogP contribution >= 0.6 is 32.9 Å². The summed E-state index contributed by atoms with van der Waals surface area (Å²) in [5.41, 5.74) is 7.49. The summed E-state index contributed by atoms with van der Waals surface area (Å²) in [5, 5.41) is 7.68. The van der Waals surface area contributed by atoms with Gasteiger partial charge in [0.25, 0.3) is 5.91 Å². The molecular formula is C21H26N4O2S3. The Bertz CT molecular complexity index is 1070. The van der Waals surface area contributed by atoms with Crippen LogP contribution in [0.25, 0.3) is 10.1 Å². The zero-order valence-corrected chi connectivity index (χ0v) is 19.9. The molecule has 2 aromatic heterocycles. The molecule has 2 amide bonds. The third-order valence-electron chi connectivity index (χ3n) is 4.56. The van der Waals surface area contributed by atoms with Gasteiger partial charge in [0.15, 0.2) is 0 Å². The maximum absolute atomic E-state index is 12.5. The number of nitrogens with zero attached hydrogens (tertiary/aromatic N) is 1. The Morgan fingerprint density at radius 3 is 2.63 bits per heavy atom. The van der Waals surface area contributed by atoms with Crippen LogP contribution < -0.4 is 16.4 Å². The van der Waals surface area contributed by atoms with Crippen molar-refractivity contribution in [3.63, 3.8) is 0 Å². The molecule has 0 unspecified atom stereocenters. The van der Waals surface area contributed by atoms with Crippen LogP contribution in [-0.4, -0.2) is 27.4 Å². The third kappa shape index (κ3) is 5.74. The SMILES string of the molecule is CSSC(C)(C)CCC(=O)Nc1cc2cc(NC(=O)c3cc(N)cn3C)ccc2s1. The Morgan fingerprint density at radius 1 is 1.20 bits per heavy atom. The van der Waals surface area contributed by atoms with Gasteiger partial charge in [0.05, 0.1) is 10.7 Å². The van der Waals surface area contributed by atoms with E-state index in [0.29, 0.717) is 23.5 Å². The quantitative estimate of drug-likeness (QED) is 0.380. The van der Waals surface area contributed by atoms with Crippen LogP contribution in [0.3, 0.4) is 0 Å². The van der Waals surface area contributed by atoms with Gasteiger partial charge in [-0.15, -0.1) is 11.3 Å². The van der Waals surface area contributed by atoms with Gasteiger partial charge in [0, 0.05) is 34.8 Å². The van der Waals surface area contributed by atoms with Crippen molar-refractivity contribution in [1.29, 1.82) is 0 Å². The molecular weight excluding hydrogens is 436 g/mol. The smallest absolute Gasteiger partial charge is 0.272 e. The lowest BCUT2D eigenvalue weighted by Gasteiger charge is -2.21. The predicted octanol–water partition coefficient (Wildman–Crippen LogP) is 5.58. The Labute approximate surface area is 188 Å². The van der Waals surface area contributed by atoms with Gasteiger partial charge in [-0.1, -0.05) is 21.6 Å². The molecule has 0 atom stereocenters. The van der Waals surface area contributed by atoms with Crippen molar-refractivity contribution >= 4 is 71.2 Å². The number of hydrogen-bond acceptors (Lipinski definition) is 6. The van der Waals surface area contributed by atoms with Crippen molar-refractivity contribution in [3.8, 4) is 0 Å². The Morgan fingerprint density at radius 2 is 1.97 bits per heavy atom. The fraction of sp³-hybridized carbons (Fsp3) is 0.333. The highest BCUT2D eigenvalue weighted by atomic mass is 33.1. The molecule has 6 nitrogen and oxygen atoms in total. The van der Waals surface area contributed by atoms with Gasteiger partial charge in [-0.25, -0.2) is 0 Å². The highest BCUT2D eigenvalue weighted by Gasteiger charge is 2.20. The fourth-order valence-electron chi connectivity index (χ4n) is 3.08. The maximum Gasteiger partial charge on any atom is 0.272 e. The predicted molar refractivity (Wildman–Crippen MR) is 133 cm³/mol. The number of carbonyl (C=O) groups is 2. The molecule has 160 valence electrons. The van der Waals surface area contributed by atoms with Crippen molar-refractivity contribution in [2.24, 2.45) is 7.05 Å². The number of aryl methyl sites for hydroxylation is 1. The molecule has 0 bridgehead atoms. The number of anilines is 3. The number of rotatable bonds is 8. The Kier molecular flexibility index (Phi) is 7.05. The molecule has 0 aliphatic rings. The number of aromatic nitrogens is 1. The van der Waals surface area contributed by atoms with Crippen LogP contribution in [0.1, 0.15) is 37.2 Å². The van der Waals surface area contributed by atoms with E-state index in [-0.39, 0.29) is 16.6 Å². The minimum absolute atomic E-state index is 0.0196. The van der Waals surface area contributed by atoms with E-state index in [1.807, 2.05) is 24.3 Å². The first-order valence-corrected chi connectivity index (χ1v) is 12.8. The number of fused-ring (bicyclic) bond motifs is 1. The highest BCUT2D eigenvalue weighted by Crippen LogP contribution is 2.37. The van der Waals surface area contributed by atoms with E-state index in [9.17, 15) is 9.59 Å². The number of hydrogen-bond donors (Lipinski definition) is 3. The number of nitrogens with two attached hydrogens (primary N) is 1. The molecule has 1 aromatic carbocycles. The first-order valence-electron chi connectivity index (χ1n) is 9.45. The molecule has 30 heavy (non-hydrogen) atoms. The molecule has 3 aromatic rings. The number of thiophene rings is 1. The summed E-state index contributed by atoms with van der Waals surface area (Å²) in [6, 6.07) is 9.30. The van der Waals surface area contributed by atoms with E-state index in [1.165, 1.54) is 11.3 Å². The number of carbonyl (C=O) groups excluding carboxylic acids is 2. The van der Waals surface area contributed by atoms with Gasteiger partial charge in [0.2, 0.25) is 5.91 Å². The second-order valence-electron chi connectivity index (χ2n) is 7.64. The topological polar surface area (TPSA) is 89.2 Å². The van der Waals surface area contributed by atoms with E-state index in [4.69, 9.17) is 5.73 Å². The van der Waals surface area contributed by atoms with Gasteiger partial charge in [-0.05, 0) is 62.2 Å². The van der Waals surface area contributed by atoms with E-state index < -0.39 is 0 Å². The molecule has 0 aliphatic carbocycles. The monoisotopic (exact) mass is 462 g/mol. The summed E-state index contributed by atoms with van der Waals surface area (Å²) in [7, 11) is 5.29. The van der Waals surface area contributed by atoms with Crippen LogP contribution in [0.4, 0.5) is 16.4 Å². The lowest BCUT2D eigenvalue weighted by molar-refractivity contribution is -0.116. The second-order valence-corrected chi connectivity index (χ2v) is 11.8. The number of benzene rings is 1. The summed E-state index contributed by atoms with van der Waals surface area (Å²) >= 11 is 1.52. The van der Waals surface area contributed by atoms with Crippen LogP contribution in [0, 0.1) is 0 Å². The Hall–Kier alpha value is -2.10. The van der Waals surface area contributed by atoms with Crippen molar-refractivity contribution < 1.29 is 9.59 Å². The molecule has 0 spiro atoms. The first-order chi connectivity index (χ1) is 14.2. The minimum Gasteiger partial charge on any atom is -0.397 e. The van der Waals surface area contributed by atoms with Gasteiger partial charge in [0.1, 0.15) is 5.69 Å². The lowest BCUT2D eigenvalue weighted by atomic mass is 10.1. The molecule has 0 saturated heterocycles. The van der Waals surface area contributed by atoms with Crippen LogP contribution in [0.5, 0.6) is 0 Å². The van der Waals surface area contributed by atoms with Gasteiger partial charge in [-0.2, -0.15) is 0 Å². The fourth-order valence-corrected chi connectivity index (χ4v) is 6.28. The summed E-state index contributed by atoms with van der Waals surface area (Å²) in [5.74, 6) is -0.200. The molecule has 2 heterocycles. The maximum atomic E-state index is 12.5. The van der Waals surface area contributed by atoms with E-state index in [2.05, 4.69) is 30.7 Å². The van der Waals surface area contributed by atoms with Crippen LogP contribution in [0.15, 0.2) is 36.5 Å². The molecule has 0 saturated carbocycles. The first kappa shape index (κ1) is 22.6. The zero-order valence-electron chi connectivity index (χ0n) is 17.4. The molecule has 4 N–H and O–H groups in total. The zero-order chi connectivity index (χ0) is 21.9. The van der Waals surface area contributed by atoms with E-state index in [0.717, 1.165) is 21.5 Å². The summed E-state index contributed by atoms with van der Waals surface area (Å²) in [6.45, 7) is 4.31. The average Bonchev–Trinajstić information content (AvgIpc) is 3.21. The van der Waals surface area contributed by atoms with E-state index in [1.54, 1.807) is 45.5 Å². The summed E-state index contributed by atoms with van der Waals surface area (Å²) < 4.78 is 2.80. The molecule has 3 rings (SSSR count). The molecule has 0 radical (unpaired) electrons. The number of amides is 2. The lowest BCUT2D eigenvalue weighted by Crippen LogP contribution is -2.18. The number of nitrogens with one attached hydrogen (secondary N) is 2. The van der Waals surface area contributed by atoms with Crippen molar-refractivity contribution in [2.45, 2.75) is 31.4 Å². The van der Waals surface area contributed by atoms with Gasteiger partial charge in [-0.3, -0.25) is 9.59 Å². The largest absolute Gasteiger partial charge is 0.397 e. The molecule has 0 fully saturated rings. The van der Waals surface area contributed by atoms with Crippen molar-refractivity contribution in [3.05, 3.63) is 42.2 Å². The average molecular weight is 463 g/mol. The molecule has 0 aliphatic heterocycles. The van der Waals surface area contributed by atoms with Gasteiger partial charge >= 0.3 is 0 Å². The van der Waals surface area contributed by atoms with Crippen LogP contribution in [0.2, 0.25) is 0 Å². The Balaban J connectivity index is 1.65. The summed E-state index contributed by atoms with van der Waals surface area (Å²) in [6.07, 6.45) is 5.05. The number of nitrogen functional groups attached to an aromatic ring is 1. The third-order valence-corrected chi connectivity index (χ3v) is 8.27. The molecule has 9 heteroatoms.